The zero-order chi connectivity index (χ0) is 22.6. The molecule has 0 radical (unpaired) electrons. The second-order valence-electron chi connectivity index (χ2n) is 8.61. The summed E-state index contributed by atoms with van der Waals surface area (Å²) in [6.45, 7) is 5.26. The Morgan fingerprint density at radius 2 is 1.90 bits per heavy atom. The fourth-order valence-corrected chi connectivity index (χ4v) is 4.08. The van der Waals surface area contributed by atoms with E-state index in [1.807, 2.05) is 12.3 Å². The van der Waals surface area contributed by atoms with Crippen LogP contribution in [0.15, 0.2) is 27.4 Å². The van der Waals surface area contributed by atoms with Crippen LogP contribution in [-0.4, -0.2) is 35.7 Å². The molecular formula is C23H29NO6S. The first-order chi connectivity index (χ1) is 14.7. The molecule has 1 aliphatic rings. The molecule has 0 spiro atoms. The molecule has 1 aliphatic carbocycles. The van der Waals surface area contributed by atoms with Crippen molar-refractivity contribution in [3.63, 3.8) is 0 Å². The molecule has 0 fully saturated rings. The van der Waals surface area contributed by atoms with Crippen LogP contribution in [0.4, 0.5) is 4.79 Å². The normalized spacial score (nSPS) is 14.6. The highest BCUT2D eigenvalue weighted by molar-refractivity contribution is 7.98. The van der Waals surface area contributed by atoms with Crippen molar-refractivity contribution in [2.24, 2.45) is 0 Å². The smallest absolute Gasteiger partial charge is 0.408 e. The monoisotopic (exact) mass is 447 g/mol. The fraction of sp³-hybridized carbons (Fsp3) is 0.522. The summed E-state index contributed by atoms with van der Waals surface area (Å²) >= 11 is 1.56. The third-order valence-electron chi connectivity index (χ3n) is 5.00. The largest absolute Gasteiger partial charge is 0.444 e. The lowest BCUT2D eigenvalue weighted by Crippen LogP contribution is -2.45. The molecule has 1 N–H and O–H groups in total. The van der Waals surface area contributed by atoms with E-state index < -0.39 is 23.7 Å². The molecule has 0 saturated carbocycles. The molecule has 1 aromatic carbocycles. The molecule has 168 valence electrons. The van der Waals surface area contributed by atoms with Gasteiger partial charge in [0.25, 0.3) is 0 Å². The lowest BCUT2D eigenvalue weighted by atomic mass is 9.91. The van der Waals surface area contributed by atoms with E-state index in [-0.39, 0.29) is 11.4 Å². The number of carbonyl (C=O) groups excluding carboxylic acids is 2. The number of carbonyl (C=O) groups is 2. The molecule has 1 heterocycles. The molecule has 0 aliphatic heterocycles. The van der Waals surface area contributed by atoms with Crippen LogP contribution in [-0.2, 0) is 22.4 Å². The maximum absolute atomic E-state index is 12.8. The molecule has 3 rings (SSSR count). The quantitative estimate of drug-likeness (QED) is 0.402. The van der Waals surface area contributed by atoms with Crippen molar-refractivity contribution in [3.05, 3.63) is 39.7 Å². The molecule has 1 aromatic heterocycles. The van der Waals surface area contributed by atoms with E-state index in [1.165, 1.54) is 0 Å². The van der Waals surface area contributed by atoms with Gasteiger partial charge in [0.05, 0.1) is 0 Å². The number of nitrogens with one attached hydrogen (secondary N) is 1. The Labute approximate surface area is 185 Å². The number of thioether (sulfide) groups is 1. The van der Waals surface area contributed by atoms with E-state index in [0.717, 1.165) is 42.2 Å². The summed E-state index contributed by atoms with van der Waals surface area (Å²) < 4.78 is 16.3. The average molecular weight is 448 g/mol. The molecule has 8 heteroatoms. The average Bonchev–Trinajstić information content (AvgIpc) is 2.69. The minimum absolute atomic E-state index is 0.261. The van der Waals surface area contributed by atoms with Crippen LogP contribution in [0, 0.1) is 0 Å². The first-order valence-electron chi connectivity index (χ1n) is 10.5. The Bertz CT molecular complexity index is 1020. The Morgan fingerprint density at radius 1 is 1.19 bits per heavy atom. The fourth-order valence-electron chi connectivity index (χ4n) is 3.61. The predicted octanol–water partition coefficient (Wildman–Crippen LogP) is 4.22. The molecule has 31 heavy (non-hydrogen) atoms. The molecule has 0 bridgehead atoms. The van der Waals surface area contributed by atoms with Gasteiger partial charge in [0.1, 0.15) is 23.0 Å². The summed E-state index contributed by atoms with van der Waals surface area (Å²) in [5, 5.41) is 3.47. The number of amides is 1. The Hall–Kier alpha value is -2.48. The maximum atomic E-state index is 12.8. The van der Waals surface area contributed by atoms with Crippen molar-refractivity contribution in [3.8, 4) is 5.75 Å². The summed E-state index contributed by atoms with van der Waals surface area (Å²) in [4.78, 5) is 37.2. The van der Waals surface area contributed by atoms with E-state index in [2.05, 4.69) is 5.32 Å². The zero-order valence-electron chi connectivity index (χ0n) is 18.4. The first-order valence-corrected chi connectivity index (χ1v) is 11.9. The third-order valence-corrected chi connectivity index (χ3v) is 5.64. The second-order valence-corrected chi connectivity index (χ2v) is 9.60. The van der Waals surface area contributed by atoms with Gasteiger partial charge >= 0.3 is 17.7 Å². The summed E-state index contributed by atoms with van der Waals surface area (Å²) in [5.74, 6) is 0.324. The number of esters is 1. The number of hydrogen-bond donors (Lipinski definition) is 1. The van der Waals surface area contributed by atoms with E-state index in [4.69, 9.17) is 13.9 Å². The highest BCUT2D eigenvalue weighted by Crippen LogP contribution is 2.29. The van der Waals surface area contributed by atoms with E-state index in [0.29, 0.717) is 17.8 Å². The lowest BCUT2D eigenvalue weighted by molar-refractivity contribution is -0.136. The van der Waals surface area contributed by atoms with Gasteiger partial charge in [-0.15, -0.1) is 0 Å². The van der Waals surface area contributed by atoms with Gasteiger partial charge in [-0.25, -0.2) is 14.4 Å². The van der Waals surface area contributed by atoms with Gasteiger partial charge in [0.15, 0.2) is 0 Å². The van der Waals surface area contributed by atoms with Crippen molar-refractivity contribution in [2.45, 2.75) is 64.5 Å². The van der Waals surface area contributed by atoms with Crippen LogP contribution in [0.2, 0.25) is 0 Å². The standard InChI is InChI=1S/C23H29NO6S/c1-23(2,3)30-22(27)24-18(11-12-31-4)21(26)28-14-9-10-16-15-7-5-6-8-17(15)20(25)29-19(16)13-14/h9-10,13,18H,5-8,11-12H2,1-4H3,(H,24,27)/t18-/m0/s1. The predicted molar refractivity (Wildman–Crippen MR) is 121 cm³/mol. The van der Waals surface area contributed by atoms with E-state index in [9.17, 15) is 14.4 Å². The van der Waals surface area contributed by atoms with Crippen molar-refractivity contribution in [1.82, 2.24) is 5.32 Å². The van der Waals surface area contributed by atoms with Crippen LogP contribution < -0.4 is 15.7 Å². The lowest BCUT2D eigenvalue weighted by Gasteiger charge is -2.23. The molecule has 0 unspecified atom stereocenters. The van der Waals surface area contributed by atoms with Gasteiger partial charge in [0.2, 0.25) is 0 Å². The van der Waals surface area contributed by atoms with Crippen LogP contribution in [0.25, 0.3) is 11.0 Å². The molecular weight excluding hydrogens is 418 g/mol. The van der Waals surface area contributed by atoms with Gasteiger partial charge < -0.3 is 19.2 Å². The second kappa shape index (κ2) is 9.77. The summed E-state index contributed by atoms with van der Waals surface area (Å²) in [6.07, 6.45) is 5.24. The molecule has 0 saturated heterocycles. The molecule has 1 atom stereocenters. The Balaban J connectivity index is 1.79. The minimum atomic E-state index is -0.853. The SMILES string of the molecule is CSCC[C@H](NC(=O)OC(C)(C)C)C(=O)Oc1ccc2c3c(c(=O)oc2c1)CCCC3. The van der Waals surface area contributed by atoms with Crippen LogP contribution in [0.5, 0.6) is 5.75 Å². The summed E-state index contributed by atoms with van der Waals surface area (Å²) in [7, 11) is 0. The molecule has 7 nitrogen and oxygen atoms in total. The summed E-state index contributed by atoms with van der Waals surface area (Å²) in [6, 6.07) is 4.22. The minimum Gasteiger partial charge on any atom is -0.444 e. The van der Waals surface area contributed by atoms with Crippen LogP contribution in [0.1, 0.15) is 51.2 Å². The number of benzene rings is 1. The Morgan fingerprint density at radius 3 is 2.58 bits per heavy atom. The first kappa shape index (κ1) is 23.2. The van der Waals surface area contributed by atoms with Gasteiger partial charge in [-0.3, -0.25) is 0 Å². The van der Waals surface area contributed by atoms with Gasteiger partial charge in [-0.2, -0.15) is 11.8 Å². The number of aryl methyl sites for hydroxylation is 1. The zero-order valence-corrected chi connectivity index (χ0v) is 19.2. The number of ether oxygens (including phenoxy) is 2. The van der Waals surface area contributed by atoms with Crippen LogP contribution in [0.3, 0.4) is 0 Å². The van der Waals surface area contributed by atoms with Gasteiger partial charge in [-0.05, 0) is 82.6 Å². The molecule has 1 amide bonds. The number of rotatable bonds is 6. The highest BCUT2D eigenvalue weighted by Gasteiger charge is 2.26. The van der Waals surface area contributed by atoms with Crippen LogP contribution >= 0.6 is 11.8 Å². The van der Waals surface area contributed by atoms with Crippen molar-refractivity contribution in [1.29, 1.82) is 0 Å². The maximum Gasteiger partial charge on any atom is 0.408 e. The number of alkyl carbamates (subject to hydrolysis) is 1. The molecule has 2 aromatic rings. The number of hydrogen-bond acceptors (Lipinski definition) is 7. The topological polar surface area (TPSA) is 94.8 Å². The van der Waals surface area contributed by atoms with Crippen molar-refractivity contribution < 1.29 is 23.5 Å². The Kier molecular flexibility index (Phi) is 7.30. The van der Waals surface area contributed by atoms with E-state index in [1.54, 1.807) is 44.7 Å². The van der Waals surface area contributed by atoms with E-state index >= 15 is 0 Å². The van der Waals surface area contributed by atoms with Gasteiger partial charge in [0, 0.05) is 17.0 Å². The third kappa shape index (κ3) is 6.03. The van der Waals surface area contributed by atoms with Crippen molar-refractivity contribution >= 4 is 34.8 Å². The highest BCUT2D eigenvalue weighted by atomic mass is 32.2. The van der Waals surface area contributed by atoms with Gasteiger partial charge in [-0.1, -0.05) is 0 Å². The summed E-state index contributed by atoms with van der Waals surface area (Å²) in [5.41, 5.74) is 1.18. The van der Waals surface area contributed by atoms with Crippen molar-refractivity contribution in [2.75, 3.05) is 12.0 Å². The number of fused-ring (bicyclic) bond motifs is 3.